The molecule has 1 fully saturated rings. The van der Waals surface area contributed by atoms with Gasteiger partial charge in [-0.05, 0) is 37.3 Å². The van der Waals surface area contributed by atoms with Gasteiger partial charge in [-0.1, -0.05) is 32.0 Å². The fraction of sp³-hybridized carbons (Fsp3) is 0.556. The summed E-state index contributed by atoms with van der Waals surface area (Å²) in [5.41, 5.74) is 2.21. The lowest BCUT2D eigenvalue weighted by Crippen LogP contribution is -2.19. The van der Waals surface area contributed by atoms with Crippen molar-refractivity contribution < 1.29 is 9.15 Å². The van der Waals surface area contributed by atoms with Gasteiger partial charge < -0.3 is 14.5 Å². The largest absolute Gasteiger partial charge is 0.458 e. The molecule has 114 valence electrons. The Bertz CT molecular complexity index is 584. The minimum atomic E-state index is 0.587. The lowest BCUT2D eigenvalue weighted by molar-refractivity contribution is 0.0976. The maximum atomic E-state index is 5.99. The second kappa shape index (κ2) is 6.63. The summed E-state index contributed by atoms with van der Waals surface area (Å²) in [5.74, 6) is 2.42. The van der Waals surface area contributed by atoms with Crippen LogP contribution in [0.1, 0.15) is 38.0 Å². The molecule has 1 aromatic heterocycles. The summed E-state index contributed by atoms with van der Waals surface area (Å²) in [5, 5.41) is 4.72. The third-order valence-corrected chi connectivity index (χ3v) is 3.92. The molecule has 21 heavy (non-hydrogen) atoms. The first-order valence-corrected chi connectivity index (χ1v) is 8.01. The lowest BCUT2D eigenvalue weighted by atomic mass is 10.1. The van der Waals surface area contributed by atoms with Crippen LogP contribution in [0.3, 0.4) is 0 Å². The Morgan fingerprint density at radius 3 is 2.86 bits per heavy atom. The van der Waals surface area contributed by atoms with Gasteiger partial charge in [-0.2, -0.15) is 0 Å². The summed E-state index contributed by atoms with van der Waals surface area (Å²) in [7, 11) is 0. The maximum absolute atomic E-state index is 5.99. The molecule has 1 aliphatic carbocycles. The monoisotopic (exact) mass is 287 g/mol. The van der Waals surface area contributed by atoms with Crippen molar-refractivity contribution in [1.82, 2.24) is 5.32 Å². The van der Waals surface area contributed by atoms with Crippen LogP contribution in [0, 0.1) is 11.8 Å². The standard InChI is InChI=1S/C18H25NO2/c1-13(2)9-19-10-16-15-5-3-4-6-17(15)21-18(16)12-20-11-14-7-8-14/h3-6,13-14,19H,7-12H2,1-2H3. The van der Waals surface area contributed by atoms with E-state index in [1.807, 2.05) is 12.1 Å². The fourth-order valence-corrected chi connectivity index (χ4v) is 2.55. The van der Waals surface area contributed by atoms with Crippen LogP contribution in [-0.2, 0) is 17.9 Å². The van der Waals surface area contributed by atoms with Crippen molar-refractivity contribution in [2.24, 2.45) is 11.8 Å². The first kappa shape index (κ1) is 14.6. The van der Waals surface area contributed by atoms with Crippen LogP contribution in [-0.4, -0.2) is 13.2 Å². The van der Waals surface area contributed by atoms with Gasteiger partial charge in [0.2, 0.25) is 0 Å². The number of nitrogens with one attached hydrogen (secondary N) is 1. The second-order valence-electron chi connectivity index (χ2n) is 6.48. The molecule has 1 aliphatic rings. The molecule has 1 aromatic carbocycles. The van der Waals surface area contributed by atoms with Gasteiger partial charge in [0.25, 0.3) is 0 Å². The highest BCUT2D eigenvalue weighted by Gasteiger charge is 2.22. The Kier molecular flexibility index (Phi) is 4.61. The Morgan fingerprint density at radius 1 is 1.29 bits per heavy atom. The number of para-hydroxylation sites is 1. The van der Waals surface area contributed by atoms with E-state index in [0.717, 1.165) is 37.0 Å². The summed E-state index contributed by atoms with van der Waals surface area (Å²) in [6.07, 6.45) is 2.64. The van der Waals surface area contributed by atoms with Crippen molar-refractivity contribution in [2.45, 2.75) is 39.8 Å². The normalized spacial score (nSPS) is 15.2. The van der Waals surface area contributed by atoms with Gasteiger partial charge in [-0.15, -0.1) is 0 Å². The van der Waals surface area contributed by atoms with Crippen molar-refractivity contribution in [3.8, 4) is 0 Å². The molecule has 3 rings (SSSR count). The van der Waals surface area contributed by atoms with Crippen LogP contribution < -0.4 is 5.32 Å². The molecular formula is C18H25NO2. The van der Waals surface area contributed by atoms with Crippen LogP contribution in [0.5, 0.6) is 0 Å². The number of furan rings is 1. The highest BCUT2D eigenvalue weighted by atomic mass is 16.5. The van der Waals surface area contributed by atoms with E-state index in [2.05, 4.69) is 31.3 Å². The summed E-state index contributed by atoms with van der Waals surface area (Å²) >= 11 is 0. The highest BCUT2D eigenvalue weighted by Crippen LogP contribution is 2.30. The molecular weight excluding hydrogens is 262 g/mol. The zero-order chi connectivity index (χ0) is 14.7. The quantitative estimate of drug-likeness (QED) is 0.793. The third kappa shape index (κ3) is 3.86. The van der Waals surface area contributed by atoms with Crippen molar-refractivity contribution >= 4 is 11.0 Å². The van der Waals surface area contributed by atoms with Gasteiger partial charge in [-0.25, -0.2) is 0 Å². The molecule has 1 N–H and O–H groups in total. The minimum absolute atomic E-state index is 0.587. The lowest BCUT2D eigenvalue weighted by Gasteiger charge is -2.08. The molecule has 2 aromatic rings. The number of ether oxygens (including phenoxy) is 1. The van der Waals surface area contributed by atoms with Crippen molar-refractivity contribution in [1.29, 1.82) is 0 Å². The van der Waals surface area contributed by atoms with Gasteiger partial charge >= 0.3 is 0 Å². The van der Waals surface area contributed by atoms with Gasteiger partial charge in [0, 0.05) is 24.1 Å². The van der Waals surface area contributed by atoms with E-state index < -0.39 is 0 Å². The average Bonchev–Trinajstić information content (AvgIpc) is 3.21. The topological polar surface area (TPSA) is 34.4 Å². The Hall–Kier alpha value is -1.32. The van der Waals surface area contributed by atoms with Crippen LogP contribution in [0.2, 0.25) is 0 Å². The van der Waals surface area contributed by atoms with E-state index in [4.69, 9.17) is 9.15 Å². The summed E-state index contributed by atoms with van der Waals surface area (Å²) < 4.78 is 11.8. The maximum Gasteiger partial charge on any atom is 0.135 e. The molecule has 0 amide bonds. The smallest absolute Gasteiger partial charge is 0.135 e. The molecule has 0 saturated heterocycles. The molecule has 0 unspecified atom stereocenters. The molecule has 3 heteroatoms. The molecule has 3 nitrogen and oxygen atoms in total. The number of benzene rings is 1. The van der Waals surface area contributed by atoms with Crippen LogP contribution in [0.15, 0.2) is 28.7 Å². The Balaban J connectivity index is 1.72. The predicted molar refractivity (Wildman–Crippen MR) is 85.1 cm³/mol. The van der Waals surface area contributed by atoms with E-state index in [1.54, 1.807) is 0 Å². The van der Waals surface area contributed by atoms with Crippen LogP contribution in [0.4, 0.5) is 0 Å². The highest BCUT2D eigenvalue weighted by molar-refractivity contribution is 5.82. The number of fused-ring (bicyclic) bond motifs is 1. The average molecular weight is 287 g/mol. The van der Waals surface area contributed by atoms with E-state index in [-0.39, 0.29) is 0 Å². The Labute approximate surface area is 126 Å². The number of hydrogen-bond acceptors (Lipinski definition) is 3. The van der Waals surface area contributed by atoms with Gasteiger partial charge in [-0.3, -0.25) is 0 Å². The van der Waals surface area contributed by atoms with Gasteiger partial charge in [0.15, 0.2) is 0 Å². The summed E-state index contributed by atoms with van der Waals surface area (Å²) in [6, 6.07) is 8.26. The first-order valence-electron chi connectivity index (χ1n) is 8.01. The van der Waals surface area contributed by atoms with E-state index >= 15 is 0 Å². The number of rotatable bonds is 8. The van der Waals surface area contributed by atoms with Gasteiger partial charge in [0.1, 0.15) is 18.0 Å². The second-order valence-corrected chi connectivity index (χ2v) is 6.48. The number of hydrogen-bond donors (Lipinski definition) is 1. The summed E-state index contributed by atoms with van der Waals surface area (Å²) in [4.78, 5) is 0. The predicted octanol–water partition coefficient (Wildman–Crippen LogP) is 4.11. The molecule has 0 bridgehead atoms. The molecule has 0 radical (unpaired) electrons. The van der Waals surface area contributed by atoms with E-state index in [1.165, 1.54) is 23.8 Å². The van der Waals surface area contributed by atoms with Crippen molar-refractivity contribution in [3.63, 3.8) is 0 Å². The molecule has 0 atom stereocenters. The first-order chi connectivity index (χ1) is 10.2. The minimum Gasteiger partial charge on any atom is -0.458 e. The van der Waals surface area contributed by atoms with E-state index in [9.17, 15) is 0 Å². The molecule has 0 spiro atoms. The van der Waals surface area contributed by atoms with Crippen LogP contribution in [0.25, 0.3) is 11.0 Å². The zero-order valence-corrected chi connectivity index (χ0v) is 13.0. The zero-order valence-electron chi connectivity index (χ0n) is 13.0. The fourth-order valence-electron chi connectivity index (χ4n) is 2.55. The Morgan fingerprint density at radius 2 is 2.10 bits per heavy atom. The van der Waals surface area contributed by atoms with Crippen LogP contribution >= 0.6 is 0 Å². The SMILES string of the molecule is CC(C)CNCc1c(COCC2CC2)oc2ccccc12. The molecule has 1 saturated carbocycles. The molecule has 1 heterocycles. The third-order valence-electron chi connectivity index (χ3n) is 3.92. The van der Waals surface area contributed by atoms with Crippen molar-refractivity contribution in [2.75, 3.05) is 13.2 Å². The molecule has 0 aliphatic heterocycles. The van der Waals surface area contributed by atoms with Gasteiger partial charge in [0.05, 0.1) is 0 Å². The summed E-state index contributed by atoms with van der Waals surface area (Å²) in [6.45, 7) is 7.76. The van der Waals surface area contributed by atoms with Crippen molar-refractivity contribution in [3.05, 3.63) is 35.6 Å². The van der Waals surface area contributed by atoms with E-state index in [0.29, 0.717) is 12.5 Å².